The number of ketones is 1. The molecule has 30 heavy (non-hydrogen) atoms. The molecular formula is C23H27NO6. The van der Waals surface area contributed by atoms with Crippen molar-refractivity contribution >= 4 is 23.3 Å². The Balaban J connectivity index is 1.88. The number of hydrogen-bond donors (Lipinski definition) is 1. The van der Waals surface area contributed by atoms with Gasteiger partial charge in [0, 0.05) is 11.3 Å². The summed E-state index contributed by atoms with van der Waals surface area (Å²) in [4.78, 5) is 35.8. The Morgan fingerprint density at radius 2 is 1.63 bits per heavy atom. The number of esters is 1. The first-order chi connectivity index (χ1) is 14.2. The van der Waals surface area contributed by atoms with Crippen LogP contribution in [-0.2, 0) is 14.3 Å². The number of ether oxygens (including phenoxy) is 3. The summed E-state index contributed by atoms with van der Waals surface area (Å²) in [5, 5.41) is 2.71. The molecule has 0 saturated heterocycles. The molecule has 1 N–H and O–H groups in total. The van der Waals surface area contributed by atoms with Gasteiger partial charge in [0.05, 0.1) is 7.11 Å². The topological polar surface area (TPSA) is 90.9 Å². The SMILES string of the molecule is COc1cc(C(C)=O)ccc1OCC(=O)O[C@H](C)C(=O)Nc1ccc(C(C)C)cc1. The first-order valence-corrected chi connectivity index (χ1v) is 9.63. The van der Waals surface area contributed by atoms with Crippen LogP contribution in [0.4, 0.5) is 5.69 Å². The predicted octanol–water partition coefficient (Wildman–Crippen LogP) is 3.97. The Labute approximate surface area is 176 Å². The molecule has 2 aromatic rings. The standard InChI is InChI=1S/C23H27NO6/c1-14(2)17-6-9-19(10-7-17)24-23(27)16(4)30-22(26)13-29-20-11-8-18(15(3)25)12-21(20)28-5/h6-12,14,16H,13H2,1-5H3,(H,24,27)/t16-/m1/s1. The van der Waals surface area contributed by atoms with Crippen LogP contribution < -0.4 is 14.8 Å². The smallest absolute Gasteiger partial charge is 0.344 e. The third-order valence-corrected chi connectivity index (χ3v) is 4.44. The number of Topliss-reactive ketones (excluding diaryl/α,β-unsaturated/α-hetero) is 1. The van der Waals surface area contributed by atoms with E-state index < -0.39 is 24.6 Å². The zero-order valence-electron chi connectivity index (χ0n) is 17.9. The molecule has 0 aromatic heterocycles. The summed E-state index contributed by atoms with van der Waals surface area (Å²) in [6, 6.07) is 12.1. The normalized spacial score (nSPS) is 11.5. The fraction of sp³-hybridized carbons (Fsp3) is 0.348. The summed E-state index contributed by atoms with van der Waals surface area (Å²) < 4.78 is 15.7. The number of methoxy groups -OCH3 is 1. The zero-order chi connectivity index (χ0) is 22.3. The molecule has 0 saturated carbocycles. The van der Waals surface area contributed by atoms with Crippen molar-refractivity contribution in [3.63, 3.8) is 0 Å². The van der Waals surface area contributed by atoms with Gasteiger partial charge >= 0.3 is 5.97 Å². The van der Waals surface area contributed by atoms with Gasteiger partial charge in [-0.05, 0) is 55.7 Å². The van der Waals surface area contributed by atoms with Crippen molar-refractivity contribution in [3.8, 4) is 11.5 Å². The van der Waals surface area contributed by atoms with Crippen LogP contribution in [0, 0.1) is 0 Å². The lowest BCUT2D eigenvalue weighted by Gasteiger charge is -2.15. The number of carbonyl (C=O) groups is 3. The number of hydrogen-bond acceptors (Lipinski definition) is 6. The summed E-state index contributed by atoms with van der Waals surface area (Å²) in [5.41, 5.74) is 2.25. The molecule has 0 unspecified atom stereocenters. The van der Waals surface area contributed by atoms with Gasteiger partial charge in [-0.3, -0.25) is 9.59 Å². The highest BCUT2D eigenvalue weighted by Gasteiger charge is 2.19. The van der Waals surface area contributed by atoms with Gasteiger partial charge in [0.2, 0.25) is 0 Å². The maximum absolute atomic E-state index is 12.3. The molecule has 0 fully saturated rings. The predicted molar refractivity (Wildman–Crippen MR) is 113 cm³/mol. The minimum Gasteiger partial charge on any atom is -0.493 e. The Morgan fingerprint density at radius 3 is 2.20 bits per heavy atom. The van der Waals surface area contributed by atoms with E-state index >= 15 is 0 Å². The van der Waals surface area contributed by atoms with E-state index in [1.54, 1.807) is 12.1 Å². The molecule has 1 amide bonds. The van der Waals surface area contributed by atoms with E-state index in [1.807, 2.05) is 24.3 Å². The number of nitrogens with one attached hydrogen (secondary N) is 1. The van der Waals surface area contributed by atoms with E-state index in [9.17, 15) is 14.4 Å². The Morgan fingerprint density at radius 1 is 0.967 bits per heavy atom. The highest BCUT2D eigenvalue weighted by molar-refractivity contribution is 5.95. The molecule has 1 atom stereocenters. The quantitative estimate of drug-likeness (QED) is 0.494. The van der Waals surface area contributed by atoms with Crippen molar-refractivity contribution in [2.24, 2.45) is 0 Å². The average Bonchev–Trinajstić information content (AvgIpc) is 2.72. The van der Waals surface area contributed by atoms with Crippen molar-refractivity contribution in [2.75, 3.05) is 19.0 Å². The summed E-state index contributed by atoms with van der Waals surface area (Å²) in [6.07, 6.45) is -0.993. The molecule has 0 radical (unpaired) electrons. The Kier molecular flexibility index (Phi) is 7.98. The molecule has 0 bridgehead atoms. The fourth-order valence-electron chi connectivity index (χ4n) is 2.62. The van der Waals surface area contributed by atoms with E-state index in [0.717, 1.165) is 5.56 Å². The second kappa shape index (κ2) is 10.4. The van der Waals surface area contributed by atoms with Gasteiger partial charge < -0.3 is 19.5 Å². The number of rotatable bonds is 9. The van der Waals surface area contributed by atoms with Gasteiger partial charge in [-0.2, -0.15) is 0 Å². The van der Waals surface area contributed by atoms with Crippen LogP contribution in [0.25, 0.3) is 0 Å². The monoisotopic (exact) mass is 413 g/mol. The van der Waals surface area contributed by atoms with Gasteiger partial charge in [-0.25, -0.2) is 4.79 Å². The summed E-state index contributed by atoms with van der Waals surface area (Å²) in [6.45, 7) is 6.70. The van der Waals surface area contributed by atoms with Crippen LogP contribution in [0.1, 0.15) is 49.5 Å². The van der Waals surface area contributed by atoms with Crippen molar-refractivity contribution in [1.82, 2.24) is 0 Å². The molecule has 0 spiro atoms. The number of carbonyl (C=O) groups excluding carboxylic acids is 3. The lowest BCUT2D eigenvalue weighted by molar-refractivity contribution is -0.155. The molecule has 160 valence electrons. The van der Waals surface area contributed by atoms with Crippen LogP contribution in [-0.4, -0.2) is 37.5 Å². The van der Waals surface area contributed by atoms with Crippen molar-refractivity contribution in [1.29, 1.82) is 0 Å². The fourth-order valence-corrected chi connectivity index (χ4v) is 2.62. The number of benzene rings is 2. The van der Waals surface area contributed by atoms with Crippen molar-refractivity contribution < 1.29 is 28.6 Å². The Hall–Kier alpha value is -3.35. The molecule has 2 rings (SSSR count). The minimum atomic E-state index is -0.993. The van der Waals surface area contributed by atoms with Crippen LogP contribution in [0.2, 0.25) is 0 Å². The first-order valence-electron chi connectivity index (χ1n) is 9.63. The Bertz CT molecular complexity index is 904. The number of amides is 1. The van der Waals surface area contributed by atoms with Crippen molar-refractivity contribution in [2.45, 2.75) is 39.7 Å². The second-order valence-corrected chi connectivity index (χ2v) is 7.11. The molecule has 7 heteroatoms. The average molecular weight is 413 g/mol. The molecule has 0 aliphatic rings. The van der Waals surface area contributed by atoms with Crippen LogP contribution in [0.3, 0.4) is 0 Å². The highest BCUT2D eigenvalue weighted by atomic mass is 16.6. The molecule has 2 aromatic carbocycles. The largest absolute Gasteiger partial charge is 0.493 e. The third kappa shape index (κ3) is 6.34. The lowest BCUT2D eigenvalue weighted by atomic mass is 10.0. The van der Waals surface area contributed by atoms with E-state index in [4.69, 9.17) is 14.2 Å². The highest BCUT2D eigenvalue weighted by Crippen LogP contribution is 2.28. The molecule has 0 aliphatic heterocycles. The van der Waals surface area contributed by atoms with Crippen LogP contribution in [0.15, 0.2) is 42.5 Å². The first kappa shape index (κ1) is 22.9. The minimum absolute atomic E-state index is 0.113. The van der Waals surface area contributed by atoms with Gasteiger partial charge in [0.15, 0.2) is 30.0 Å². The maximum atomic E-state index is 12.3. The van der Waals surface area contributed by atoms with Crippen molar-refractivity contribution in [3.05, 3.63) is 53.6 Å². The molecule has 0 aliphatic carbocycles. The molecule has 7 nitrogen and oxygen atoms in total. The van der Waals surface area contributed by atoms with Crippen LogP contribution in [0.5, 0.6) is 11.5 Å². The van der Waals surface area contributed by atoms with E-state index in [0.29, 0.717) is 28.7 Å². The van der Waals surface area contributed by atoms with E-state index in [2.05, 4.69) is 19.2 Å². The van der Waals surface area contributed by atoms with Gasteiger partial charge in [0.1, 0.15) is 0 Å². The zero-order valence-corrected chi connectivity index (χ0v) is 17.9. The second-order valence-electron chi connectivity index (χ2n) is 7.11. The van der Waals surface area contributed by atoms with Gasteiger partial charge in [-0.1, -0.05) is 26.0 Å². The van der Waals surface area contributed by atoms with E-state index in [1.165, 1.54) is 27.0 Å². The molecule has 0 heterocycles. The maximum Gasteiger partial charge on any atom is 0.344 e. The number of anilines is 1. The van der Waals surface area contributed by atoms with Crippen LogP contribution >= 0.6 is 0 Å². The lowest BCUT2D eigenvalue weighted by Crippen LogP contribution is -2.31. The third-order valence-electron chi connectivity index (χ3n) is 4.44. The van der Waals surface area contributed by atoms with E-state index in [-0.39, 0.29) is 5.78 Å². The summed E-state index contributed by atoms with van der Waals surface area (Å²) >= 11 is 0. The molecular weight excluding hydrogens is 386 g/mol. The summed E-state index contributed by atoms with van der Waals surface area (Å²) in [5.74, 6) is -0.243. The van der Waals surface area contributed by atoms with Gasteiger partial charge in [0.25, 0.3) is 5.91 Å². The summed E-state index contributed by atoms with van der Waals surface area (Å²) in [7, 11) is 1.44. The van der Waals surface area contributed by atoms with Gasteiger partial charge in [-0.15, -0.1) is 0 Å².